The van der Waals surface area contributed by atoms with Crippen molar-refractivity contribution in [3.05, 3.63) is 58.9 Å². The van der Waals surface area contributed by atoms with E-state index in [-0.39, 0.29) is 34.5 Å². The summed E-state index contributed by atoms with van der Waals surface area (Å²) in [7, 11) is -3.75. The van der Waals surface area contributed by atoms with E-state index in [1.54, 1.807) is 0 Å². The first-order chi connectivity index (χ1) is 13.4. The summed E-state index contributed by atoms with van der Waals surface area (Å²) in [5.74, 6) is -0.610. The minimum absolute atomic E-state index is 0.0486. The number of sulfonamides is 1. The average molecular weight is 428 g/mol. The van der Waals surface area contributed by atoms with Gasteiger partial charge in [-0.2, -0.15) is 4.31 Å². The summed E-state index contributed by atoms with van der Waals surface area (Å²) < 4.78 is 50.1. The van der Waals surface area contributed by atoms with Crippen molar-refractivity contribution in [1.29, 1.82) is 0 Å². The summed E-state index contributed by atoms with van der Waals surface area (Å²) in [4.78, 5) is 12.1. The Labute approximate surface area is 167 Å². The van der Waals surface area contributed by atoms with E-state index in [2.05, 4.69) is 0 Å². The molecule has 2 aromatic rings. The molecule has 0 saturated carbocycles. The van der Waals surface area contributed by atoms with E-state index in [1.807, 2.05) is 0 Å². The number of esters is 1. The number of carbonyl (C=O) groups excluding carboxylic acids is 1. The molecule has 1 aliphatic heterocycles. The van der Waals surface area contributed by atoms with Gasteiger partial charge in [0.15, 0.2) is 0 Å². The molecule has 0 atom stereocenters. The minimum atomic E-state index is -3.75. The molecule has 0 unspecified atom stereocenters. The van der Waals surface area contributed by atoms with Gasteiger partial charge in [-0.15, -0.1) is 0 Å². The lowest BCUT2D eigenvalue weighted by Gasteiger charge is -2.17. The summed E-state index contributed by atoms with van der Waals surface area (Å²) in [6.45, 7) is 0.902. The Bertz CT molecular complexity index is 943. The van der Waals surface area contributed by atoms with Gasteiger partial charge in [0.25, 0.3) is 0 Å². The summed E-state index contributed by atoms with van der Waals surface area (Å²) in [6, 6.07) is 9.47. The summed E-state index contributed by atoms with van der Waals surface area (Å²) >= 11 is 6.06. The summed E-state index contributed by atoms with van der Waals surface area (Å²) in [6.07, 6.45) is 1.60. The van der Waals surface area contributed by atoms with Gasteiger partial charge in [-0.1, -0.05) is 11.6 Å². The quantitative estimate of drug-likeness (QED) is 0.499. The molecule has 0 aromatic heterocycles. The Hall–Kier alpha value is -2.16. The number of rotatable bonds is 7. The predicted molar refractivity (Wildman–Crippen MR) is 102 cm³/mol. The van der Waals surface area contributed by atoms with E-state index >= 15 is 0 Å². The smallest absolute Gasteiger partial charge is 0.338 e. The first-order valence-corrected chi connectivity index (χ1v) is 10.5. The van der Waals surface area contributed by atoms with Crippen molar-refractivity contribution in [2.45, 2.75) is 17.7 Å². The Morgan fingerprint density at radius 2 is 1.75 bits per heavy atom. The van der Waals surface area contributed by atoms with Gasteiger partial charge >= 0.3 is 5.97 Å². The molecule has 28 heavy (non-hydrogen) atoms. The summed E-state index contributed by atoms with van der Waals surface area (Å²) in [5, 5.41) is 0.0584. The van der Waals surface area contributed by atoms with Gasteiger partial charge in [-0.3, -0.25) is 0 Å². The molecule has 1 saturated heterocycles. The molecular weight excluding hydrogens is 409 g/mol. The number of ether oxygens (including phenoxy) is 2. The molecule has 3 rings (SSSR count). The van der Waals surface area contributed by atoms with Crippen LogP contribution in [0, 0.1) is 5.82 Å². The van der Waals surface area contributed by atoms with Crippen LogP contribution in [-0.4, -0.2) is 45.0 Å². The van der Waals surface area contributed by atoms with Crippen molar-refractivity contribution in [2.24, 2.45) is 0 Å². The molecule has 0 radical (unpaired) electrons. The second kappa shape index (κ2) is 8.89. The van der Waals surface area contributed by atoms with Crippen LogP contribution in [0.2, 0.25) is 5.02 Å². The minimum Gasteiger partial charge on any atom is -0.490 e. The van der Waals surface area contributed by atoms with Crippen LogP contribution in [0.4, 0.5) is 4.39 Å². The molecular formula is C19H19ClFNO5S. The SMILES string of the molecule is O=C(OCCOc1ccc(F)cc1)c1ccc(Cl)c(S(=O)(=O)N2CCCC2)c1. The molecule has 1 aliphatic rings. The molecule has 0 bridgehead atoms. The van der Waals surface area contributed by atoms with E-state index in [4.69, 9.17) is 21.1 Å². The topological polar surface area (TPSA) is 72.9 Å². The highest BCUT2D eigenvalue weighted by Gasteiger charge is 2.29. The third kappa shape index (κ3) is 4.81. The van der Waals surface area contributed by atoms with Crippen molar-refractivity contribution < 1.29 is 27.1 Å². The van der Waals surface area contributed by atoms with Crippen molar-refractivity contribution in [1.82, 2.24) is 4.31 Å². The molecule has 150 valence electrons. The summed E-state index contributed by atoms with van der Waals surface area (Å²) in [5.41, 5.74) is 0.0870. The second-order valence-electron chi connectivity index (χ2n) is 6.19. The molecule has 2 aromatic carbocycles. The molecule has 1 heterocycles. The lowest BCUT2D eigenvalue weighted by molar-refractivity contribution is 0.0450. The first kappa shape index (κ1) is 20.6. The normalized spacial score (nSPS) is 14.8. The monoisotopic (exact) mass is 427 g/mol. The maximum Gasteiger partial charge on any atom is 0.338 e. The number of hydrogen-bond donors (Lipinski definition) is 0. The third-order valence-electron chi connectivity index (χ3n) is 4.25. The van der Waals surface area contributed by atoms with Gasteiger partial charge < -0.3 is 9.47 Å². The zero-order valence-electron chi connectivity index (χ0n) is 14.9. The zero-order valence-corrected chi connectivity index (χ0v) is 16.5. The molecule has 1 fully saturated rings. The lowest BCUT2D eigenvalue weighted by Crippen LogP contribution is -2.28. The van der Waals surface area contributed by atoms with Crippen LogP contribution in [0.25, 0.3) is 0 Å². The van der Waals surface area contributed by atoms with Gasteiger partial charge in [0.2, 0.25) is 10.0 Å². The Morgan fingerprint density at radius 3 is 2.43 bits per heavy atom. The maximum absolute atomic E-state index is 12.8. The maximum atomic E-state index is 12.8. The highest BCUT2D eigenvalue weighted by molar-refractivity contribution is 7.89. The number of benzene rings is 2. The van der Waals surface area contributed by atoms with Crippen molar-refractivity contribution in [3.8, 4) is 5.75 Å². The fourth-order valence-electron chi connectivity index (χ4n) is 2.80. The van der Waals surface area contributed by atoms with Gasteiger partial charge in [0, 0.05) is 13.1 Å². The van der Waals surface area contributed by atoms with E-state index < -0.39 is 16.0 Å². The lowest BCUT2D eigenvalue weighted by atomic mass is 10.2. The van der Waals surface area contributed by atoms with Gasteiger partial charge in [-0.05, 0) is 55.3 Å². The molecule has 0 N–H and O–H groups in total. The van der Waals surface area contributed by atoms with Crippen LogP contribution in [0.1, 0.15) is 23.2 Å². The predicted octanol–water partition coefficient (Wildman–Crippen LogP) is 3.50. The van der Waals surface area contributed by atoms with Crippen LogP contribution >= 0.6 is 11.6 Å². The molecule has 0 spiro atoms. The zero-order chi connectivity index (χ0) is 20.1. The van der Waals surface area contributed by atoms with Crippen molar-refractivity contribution in [2.75, 3.05) is 26.3 Å². The molecule has 0 amide bonds. The number of hydrogen-bond acceptors (Lipinski definition) is 5. The van der Waals surface area contributed by atoms with Gasteiger partial charge in [0.1, 0.15) is 29.7 Å². The van der Waals surface area contributed by atoms with Crippen LogP contribution < -0.4 is 4.74 Å². The number of carbonyl (C=O) groups is 1. The highest BCUT2D eigenvalue weighted by Crippen LogP contribution is 2.28. The highest BCUT2D eigenvalue weighted by atomic mass is 35.5. The first-order valence-electron chi connectivity index (χ1n) is 8.73. The Morgan fingerprint density at radius 1 is 1.07 bits per heavy atom. The van der Waals surface area contributed by atoms with Crippen LogP contribution in [0.15, 0.2) is 47.4 Å². The fourth-order valence-corrected chi connectivity index (χ4v) is 4.82. The van der Waals surface area contributed by atoms with Crippen LogP contribution in [-0.2, 0) is 14.8 Å². The Kier molecular flexibility index (Phi) is 6.53. The van der Waals surface area contributed by atoms with Gasteiger partial charge in [-0.25, -0.2) is 17.6 Å². The molecule has 9 heteroatoms. The fraction of sp³-hybridized carbons (Fsp3) is 0.316. The third-order valence-corrected chi connectivity index (χ3v) is 6.63. The largest absolute Gasteiger partial charge is 0.490 e. The Balaban J connectivity index is 1.61. The van der Waals surface area contributed by atoms with Crippen LogP contribution in [0.3, 0.4) is 0 Å². The van der Waals surface area contributed by atoms with E-state index in [9.17, 15) is 17.6 Å². The standard InChI is InChI=1S/C19H19ClFNO5S/c20-17-8-3-14(13-18(17)28(24,25)22-9-1-2-10-22)19(23)27-12-11-26-16-6-4-15(21)5-7-16/h3-8,13H,1-2,9-12H2. The van der Waals surface area contributed by atoms with E-state index in [1.165, 1.54) is 46.8 Å². The van der Waals surface area contributed by atoms with Gasteiger partial charge in [0.05, 0.1) is 10.6 Å². The second-order valence-corrected chi connectivity index (χ2v) is 8.51. The van der Waals surface area contributed by atoms with E-state index in [0.717, 1.165) is 12.8 Å². The average Bonchev–Trinajstić information content (AvgIpc) is 3.22. The number of nitrogens with zero attached hydrogens (tertiary/aromatic N) is 1. The molecule has 0 aliphatic carbocycles. The molecule has 6 nitrogen and oxygen atoms in total. The van der Waals surface area contributed by atoms with E-state index in [0.29, 0.717) is 18.8 Å². The number of halogens is 2. The van der Waals surface area contributed by atoms with Crippen molar-refractivity contribution >= 4 is 27.6 Å². The van der Waals surface area contributed by atoms with Crippen LogP contribution in [0.5, 0.6) is 5.75 Å². The van der Waals surface area contributed by atoms with Crippen molar-refractivity contribution in [3.63, 3.8) is 0 Å².